The van der Waals surface area contributed by atoms with Gasteiger partial charge in [-0.1, -0.05) is 154 Å². The Labute approximate surface area is 266 Å². The molecule has 0 bridgehead atoms. The highest BCUT2D eigenvalue weighted by molar-refractivity contribution is 4.82. The Balaban J connectivity index is 3.62. The molecule has 0 aliphatic rings. The number of allylic oxidation sites excluding steroid dienone is 4. The van der Waals surface area contributed by atoms with Crippen molar-refractivity contribution in [3.63, 3.8) is 0 Å². The number of hydrogen-bond donors (Lipinski definition) is 1. The first-order chi connectivity index (χ1) is 20.8. The normalized spacial score (nSPS) is 12.7. The number of hydrogen-bond acceptors (Lipinski definition) is 2. The SMILES string of the molecule is CCCCCCCCC=CCCCCCCCCOC(CCCCO)CCCCCCCC=CCCCCCCCC. The van der Waals surface area contributed by atoms with E-state index in [1.807, 2.05) is 0 Å². The van der Waals surface area contributed by atoms with Crippen LogP contribution in [0.5, 0.6) is 0 Å². The van der Waals surface area contributed by atoms with Crippen LogP contribution in [0.25, 0.3) is 0 Å². The van der Waals surface area contributed by atoms with Crippen LogP contribution < -0.4 is 0 Å². The molecular weight excluding hydrogens is 512 g/mol. The molecule has 0 amide bonds. The van der Waals surface area contributed by atoms with E-state index < -0.39 is 0 Å². The molecule has 2 nitrogen and oxygen atoms in total. The number of rotatable bonds is 36. The zero-order valence-electron chi connectivity index (χ0n) is 29.1. The van der Waals surface area contributed by atoms with Crippen molar-refractivity contribution in [2.24, 2.45) is 0 Å². The van der Waals surface area contributed by atoms with Gasteiger partial charge < -0.3 is 9.84 Å². The summed E-state index contributed by atoms with van der Waals surface area (Å²) < 4.78 is 6.33. The van der Waals surface area contributed by atoms with E-state index in [4.69, 9.17) is 4.74 Å². The maximum Gasteiger partial charge on any atom is 0.0575 e. The van der Waals surface area contributed by atoms with Crippen molar-refractivity contribution in [3.05, 3.63) is 24.3 Å². The van der Waals surface area contributed by atoms with Crippen molar-refractivity contribution in [1.82, 2.24) is 0 Å². The summed E-state index contributed by atoms with van der Waals surface area (Å²) in [7, 11) is 0. The van der Waals surface area contributed by atoms with E-state index in [0.717, 1.165) is 25.9 Å². The smallest absolute Gasteiger partial charge is 0.0575 e. The molecule has 0 saturated carbocycles. The second-order valence-corrected chi connectivity index (χ2v) is 13.0. The van der Waals surface area contributed by atoms with Gasteiger partial charge in [0.15, 0.2) is 0 Å². The van der Waals surface area contributed by atoms with Gasteiger partial charge in [0.25, 0.3) is 0 Å². The van der Waals surface area contributed by atoms with Gasteiger partial charge in [-0.15, -0.1) is 0 Å². The lowest BCUT2D eigenvalue weighted by Crippen LogP contribution is -2.14. The summed E-state index contributed by atoms with van der Waals surface area (Å²) in [6.45, 7) is 5.82. The Bertz CT molecular complexity index is 526. The van der Waals surface area contributed by atoms with E-state index in [2.05, 4.69) is 38.2 Å². The predicted octanol–water partition coefficient (Wildman–Crippen LogP) is 13.6. The summed E-state index contributed by atoms with van der Waals surface area (Å²) in [5, 5.41) is 9.18. The van der Waals surface area contributed by atoms with Crippen LogP contribution in [0.2, 0.25) is 0 Å². The third-order valence-electron chi connectivity index (χ3n) is 8.73. The molecule has 0 aromatic carbocycles. The molecule has 42 heavy (non-hydrogen) atoms. The van der Waals surface area contributed by atoms with E-state index in [-0.39, 0.29) is 0 Å². The number of unbranched alkanes of at least 4 members (excludes halogenated alkanes) is 24. The minimum absolute atomic E-state index is 0.315. The molecule has 0 saturated heterocycles. The van der Waals surface area contributed by atoms with Crippen molar-refractivity contribution in [2.45, 2.75) is 219 Å². The Morgan fingerprint density at radius 1 is 0.405 bits per heavy atom. The Morgan fingerprint density at radius 2 is 0.738 bits per heavy atom. The Hall–Kier alpha value is -0.600. The van der Waals surface area contributed by atoms with Gasteiger partial charge in [0.1, 0.15) is 0 Å². The highest BCUT2D eigenvalue weighted by Gasteiger charge is 2.09. The van der Waals surface area contributed by atoms with E-state index in [9.17, 15) is 5.11 Å². The van der Waals surface area contributed by atoms with Gasteiger partial charge in [0, 0.05) is 13.2 Å². The van der Waals surface area contributed by atoms with Crippen LogP contribution in [0.15, 0.2) is 24.3 Å². The van der Waals surface area contributed by atoms with Crippen LogP contribution in [0, 0.1) is 0 Å². The number of aliphatic hydroxyl groups is 1. The van der Waals surface area contributed by atoms with Gasteiger partial charge in [-0.05, 0) is 83.5 Å². The second-order valence-electron chi connectivity index (χ2n) is 13.0. The number of aliphatic hydroxyl groups excluding tert-OH is 1. The highest BCUT2D eigenvalue weighted by atomic mass is 16.5. The summed E-state index contributed by atoms with van der Waals surface area (Å²) in [4.78, 5) is 0. The zero-order chi connectivity index (χ0) is 30.4. The first-order valence-electron chi connectivity index (χ1n) is 19.4. The Kier molecular flexibility index (Phi) is 37.9. The van der Waals surface area contributed by atoms with Crippen molar-refractivity contribution in [3.8, 4) is 0 Å². The number of ether oxygens (including phenoxy) is 1. The topological polar surface area (TPSA) is 29.5 Å². The monoisotopic (exact) mass is 591 g/mol. The van der Waals surface area contributed by atoms with Gasteiger partial charge in [-0.2, -0.15) is 0 Å². The van der Waals surface area contributed by atoms with Crippen LogP contribution in [-0.4, -0.2) is 24.4 Å². The minimum Gasteiger partial charge on any atom is -0.396 e. The first-order valence-corrected chi connectivity index (χ1v) is 19.4. The third kappa shape index (κ3) is 35.6. The quantitative estimate of drug-likeness (QED) is 0.0581. The summed E-state index contributed by atoms with van der Waals surface area (Å²) in [6, 6.07) is 0. The molecule has 2 heteroatoms. The van der Waals surface area contributed by atoms with E-state index >= 15 is 0 Å². The van der Waals surface area contributed by atoms with Crippen molar-refractivity contribution >= 4 is 0 Å². The summed E-state index contributed by atoms with van der Waals surface area (Å²) >= 11 is 0. The molecule has 1 atom stereocenters. The van der Waals surface area contributed by atoms with Gasteiger partial charge in [-0.3, -0.25) is 0 Å². The molecule has 0 spiro atoms. The van der Waals surface area contributed by atoms with Gasteiger partial charge in [0.2, 0.25) is 0 Å². The molecule has 1 unspecified atom stereocenters. The fourth-order valence-electron chi connectivity index (χ4n) is 5.84. The van der Waals surface area contributed by atoms with Crippen molar-refractivity contribution in [1.29, 1.82) is 0 Å². The average molecular weight is 591 g/mol. The zero-order valence-corrected chi connectivity index (χ0v) is 29.1. The fourth-order valence-corrected chi connectivity index (χ4v) is 5.84. The standard InChI is InChI=1S/C40H78O2/c1-3-5-7-9-11-13-15-17-19-21-23-25-27-29-31-35-39-42-40(37-33-34-38-41)36-32-30-28-26-24-22-20-18-16-14-12-10-8-6-4-2/h17-20,40-41H,3-16,21-39H2,1-2H3. The minimum atomic E-state index is 0.315. The molecule has 0 rings (SSSR count). The molecule has 0 aromatic heterocycles. The molecule has 0 fully saturated rings. The average Bonchev–Trinajstić information content (AvgIpc) is 3.00. The molecule has 0 heterocycles. The predicted molar refractivity (Wildman–Crippen MR) is 190 cm³/mol. The second kappa shape index (κ2) is 38.4. The maximum atomic E-state index is 9.18. The Morgan fingerprint density at radius 3 is 1.14 bits per heavy atom. The van der Waals surface area contributed by atoms with E-state index in [1.54, 1.807) is 0 Å². The van der Waals surface area contributed by atoms with Crippen LogP contribution in [0.1, 0.15) is 213 Å². The van der Waals surface area contributed by atoms with E-state index in [0.29, 0.717) is 12.7 Å². The van der Waals surface area contributed by atoms with Crippen LogP contribution in [0.4, 0.5) is 0 Å². The lowest BCUT2D eigenvalue weighted by atomic mass is 10.0. The summed E-state index contributed by atoms with van der Waals surface area (Å²) in [5.74, 6) is 0. The highest BCUT2D eigenvalue weighted by Crippen LogP contribution is 2.17. The van der Waals surface area contributed by atoms with Gasteiger partial charge in [-0.25, -0.2) is 0 Å². The molecule has 0 radical (unpaired) electrons. The first kappa shape index (κ1) is 41.4. The van der Waals surface area contributed by atoms with Crippen molar-refractivity contribution < 1.29 is 9.84 Å². The van der Waals surface area contributed by atoms with Crippen LogP contribution in [0.3, 0.4) is 0 Å². The van der Waals surface area contributed by atoms with Gasteiger partial charge >= 0.3 is 0 Å². The molecule has 0 aliphatic heterocycles. The molecular formula is C40H78O2. The largest absolute Gasteiger partial charge is 0.396 e. The van der Waals surface area contributed by atoms with Crippen molar-refractivity contribution in [2.75, 3.05) is 13.2 Å². The van der Waals surface area contributed by atoms with Gasteiger partial charge in [0.05, 0.1) is 6.10 Å². The third-order valence-corrected chi connectivity index (χ3v) is 8.73. The lowest BCUT2D eigenvalue weighted by molar-refractivity contribution is 0.0350. The molecule has 0 aliphatic carbocycles. The summed E-state index contributed by atoms with van der Waals surface area (Å²) in [6.07, 6.45) is 51.0. The lowest BCUT2D eigenvalue weighted by Gasteiger charge is -2.18. The summed E-state index contributed by atoms with van der Waals surface area (Å²) in [5.41, 5.74) is 0. The van der Waals surface area contributed by atoms with Crippen LogP contribution >= 0.6 is 0 Å². The molecule has 1 N–H and O–H groups in total. The molecule has 0 aromatic rings. The molecule has 250 valence electrons. The van der Waals surface area contributed by atoms with Crippen LogP contribution in [-0.2, 0) is 4.74 Å². The maximum absolute atomic E-state index is 9.18. The fraction of sp³-hybridized carbons (Fsp3) is 0.900. The van der Waals surface area contributed by atoms with E-state index in [1.165, 1.54) is 180 Å².